The van der Waals surface area contributed by atoms with E-state index >= 15 is 0 Å². The topological polar surface area (TPSA) is 81.5 Å². The number of nitrogens with zero attached hydrogens (tertiary/aromatic N) is 1. The second kappa shape index (κ2) is 5.26. The molecule has 1 aromatic carbocycles. The molecule has 19 heavy (non-hydrogen) atoms. The van der Waals surface area contributed by atoms with Crippen molar-refractivity contribution in [2.75, 3.05) is 7.11 Å². The Morgan fingerprint density at radius 3 is 2.79 bits per heavy atom. The van der Waals surface area contributed by atoms with Crippen LogP contribution in [0.4, 0.5) is 5.69 Å². The Labute approximate surface area is 110 Å². The van der Waals surface area contributed by atoms with Gasteiger partial charge in [-0.2, -0.15) is 0 Å². The zero-order chi connectivity index (χ0) is 14.0. The minimum absolute atomic E-state index is 0.0147. The number of amides is 1. The van der Waals surface area contributed by atoms with Crippen molar-refractivity contribution in [3.63, 3.8) is 0 Å². The van der Waals surface area contributed by atoms with Gasteiger partial charge in [0.25, 0.3) is 5.69 Å². The van der Waals surface area contributed by atoms with Gasteiger partial charge in [-0.05, 0) is 25.3 Å². The maximum Gasteiger partial charge on any atom is 0.273 e. The van der Waals surface area contributed by atoms with Crippen molar-refractivity contribution >= 4 is 11.6 Å². The number of carbonyl (C=O) groups is 1. The zero-order valence-electron chi connectivity index (χ0n) is 10.9. The van der Waals surface area contributed by atoms with E-state index in [0.717, 1.165) is 11.1 Å². The second-order valence-corrected chi connectivity index (χ2v) is 4.64. The third kappa shape index (κ3) is 2.67. The van der Waals surface area contributed by atoms with Gasteiger partial charge in [-0.15, -0.1) is 0 Å². The van der Waals surface area contributed by atoms with E-state index in [1.54, 1.807) is 13.2 Å². The zero-order valence-corrected chi connectivity index (χ0v) is 10.9. The molecule has 0 aliphatic heterocycles. The standard InChI is InChI=1S/C13H16N2O4/c1-8(16)14-9-3-4-10-11(7-9)13(19-2)6-5-12(10)15(17)18/h5-6,9H,3-4,7H2,1-2H3,(H,14,16)/t9-/m0/s1. The Morgan fingerprint density at radius 1 is 1.47 bits per heavy atom. The summed E-state index contributed by atoms with van der Waals surface area (Å²) in [5.41, 5.74) is 1.70. The van der Waals surface area contributed by atoms with Crippen LogP contribution in [0.2, 0.25) is 0 Å². The normalized spacial score (nSPS) is 17.5. The smallest absolute Gasteiger partial charge is 0.273 e. The van der Waals surface area contributed by atoms with E-state index in [-0.39, 0.29) is 22.6 Å². The molecular formula is C13H16N2O4. The molecule has 1 aliphatic rings. The highest BCUT2D eigenvalue weighted by atomic mass is 16.6. The van der Waals surface area contributed by atoms with Gasteiger partial charge in [0.1, 0.15) is 5.75 Å². The Bertz CT molecular complexity index is 528. The molecule has 1 N–H and O–H groups in total. The van der Waals surface area contributed by atoms with Gasteiger partial charge in [0, 0.05) is 30.2 Å². The molecule has 0 aromatic heterocycles. The van der Waals surface area contributed by atoms with Gasteiger partial charge in [0.2, 0.25) is 5.91 Å². The molecule has 0 bridgehead atoms. The number of methoxy groups -OCH3 is 1. The molecule has 6 heteroatoms. The van der Waals surface area contributed by atoms with Crippen LogP contribution in [0, 0.1) is 10.1 Å². The Balaban J connectivity index is 2.38. The minimum atomic E-state index is -0.364. The summed E-state index contributed by atoms with van der Waals surface area (Å²) in [5, 5.41) is 13.9. The fourth-order valence-corrected chi connectivity index (χ4v) is 2.60. The number of carbonyl (C=O) groups excluding carboxylic acids is 1. The van der Waals surface area contributed by atoms with Gasteiger partial charge in [-0.25, -0.2) is 0 Å². The van der Waals surface area contributed by atoms with E-state index < -0.39 is 0 Å². The van der Waals surface area contributed by atoms with E-state index in [1.807, 2.05) is 0 Å². The molecule has 0 unspecified atom stereocenters. The lowest BCUT2D eigenvalue weighted by atomic mass is 9.86. The van der Waals surface area contributed by atoms with Gasteiger partial charge in [0.15, 0.2) is 0 Å². The molecule has 1 aliphatic carbocycles. The van der Waals surface area contributed by atoms with Crippen molar-refractivity contribution < 1.29 is 14.5 Å². The van der Waals surface area contributed by atoms with E-state index in [4.69, 9.17) is 4.74 Å². The van der Waals surface area contributed by atoms with E-state index in [1.165, 1.54) is 13.0 Å². The predicted octanol–water partition coefficient (Wildman–Crippen LogP) is 1.60. The lowest BCUT2D eigenvalue weighted by Gasteiger charge is -2.26. The molecule has 2 rings (SSSR count). The molecule has 0 radical (unpaired) electrons. The number of ether oxygens (including phenoxy) is 1. The Hall–Kier alpha value is -2.11. The SMILES string of the molecule is COc1ccc([N+](=O)[O-])c2c1C[C@@H](NC(C)=O)CC2. The minimum Gasteiger partial charge on any atom is -0.496 e. The van der Waals surface area contributed by atoms with Crippen LogP contribution in [0.5, 0.6) is 5.75 Å². The Morgan fingerprint density at radius 2 is 2.21 bits per heavy atom. The van der Waals surface area contributed by atoms with Crippen LogP contribution in [0.1, 0.15) is 24.5 Å². The maximum absolute atomic E-state index is 11.1. The average molecular weight is 264 g/mol. The van der Waals surface area contributed by atoms with Crippen LogP contribution in [0.25, 0.3) is 0 Å². The first kappa shape index (κ1) is 13.3. The van der Waals surface area contributed by atoms with Crippen molar-refractivity contribution in [2.45, 2.75) is 32.2 Å². The molecule has 1 aromatic rings. The fraction of sp³-hybridized carbons (Fsp3) is 0.462. The van der Waals surface area contributed by atoms with Gasteiger partial charge in [0.05, 0.1) is 12.0 Å². The third-order valence-corrected chi connectivity index (χ3v) is 3.38. The van der Waals surface area contributed by atoms with Crippen molar-refractivity contribution in [2.24, 2.45) is 0 Å². The van der Waals surface area contributed by atoms with Crippen molar-refractivity contribution in [1.82, 2.24) is 5.32 Å². The Kier molecular flexibility index (Phi) is 3.69. The number of rotatable bonds is 3. The number of hydrogen-bond donors (Lipinski definition) is 1. The second-order valence-electron chi connectivity index (χ2n) is 4.64. The van der Waals surface area contributed by atoms with Crippen LogP contribution in [0.3, 0.4) is 0 Å². The number of nitro benzene ring substituents is 1. The molecular weight excluding hydrogens is 248 g/mol. The summed E-state index contributed by atoms with van der Waals surface area (Å²) < 4.78 is 5.27. The summed E-state index contributed by atoms with van der Waals surface area (Å²) in [6, 6.07) is 3.12. The van der Waals surface area contributed by atoms with Crippen LogP contribution >= 0.6 is 0 Å². The number of hydrogen-bond acceptors (Lipinski definition) is 4. The van der Waals surface area contributed by atoms with Crippen molar-refractivity contribution in [3.05, 3.63) is 33.4 Å². The van der Waals surface area contributed by atoms with Crippen LogP contribution in [-0.4, -0.2) is 24.0 Å². The van der Waals surface area contributed by atoms with Gasteiger partial charge in [-0.1, -0.05) is 0 Å². The summed E-state index contributed by atoms with van der Waals surface area (Å²) in [7, 11) is 1.55. The maximum atomic E-state index is 11.1. The average Bonchev–Trinajstić information content (AvgIpc) is 2.36. The highest BCUT2D eigenvalue weighted by Crippen LogP contribution is 2.35. The summed E-state index contributed by atoms with van der Waals surface area (Å²) in [5.74, 6) is 0.563. The lowest BCUT2D eigenvalue weighted by Crippen LogP contribution is -2.37. The highest BCUT2D eigenvalue weighted by molar-refractivity contribution is 5.73. The van der Waals surface area contributed by atoms with Crippen LogP contribution in [0.15, 0.2) is 12.1 Å². The summed E-state index contributed by atoms with van der Waals surface area (Å²) in [6.07, 6.45) is 1.86. The monoisotopic (exact) mass is 264 g/mol. The summed E-state index contributed by atoms with van der Waals surface area (Å²) in [4.78, 5) is 21.8. The van der Waals surface area contributed by atoms with Crippen LogP contribution in [-0.2, 0) is 17.6 Å². The summed E-state index contributed by atoms with van der Waals surface area (Å²) >= 11 is 0. The third-order valence-electron chi connectivity index (χ3n) is 3.38. The molecule has 1 atom stereocenters. The first-order valence-electron chi connectivity index (χ1n) is 6.13. The fourth-order valence-electron chi connectivity index (χ4n) is 2.60. The molecule has 0 saturated carbocycles. The first-order valence-corrected chi connectivity index (χ1v) is 6.13. The highest BCUT2D eigenvalue weighted by Gasteiger charge is 2.28. The van der Waals surface area contributed by atoms with Gasteiger partial charge in [-0.3, -0.25) is 14.9 Å². The van der Waals surface area contributed by atoms with Crippen molar-refractivity contribution in [1.29, 1.82) is 0 Å². The number of nitro groups is 1. The predicted molar refractivity (Wildman–Crippen MR) is 69.3 cm³/mol. The number of nitrogens with one attached hydrogen (secondary N) is 1. The first-order chi connectivity index (χ1) is 9.02. The number of fused-ring (bicyclic) bond motifs is 1. The largest absolute Gasteiger partial charge is 0.496 e. The molecule has 0 heterocycles. The lowest BCUT2D eigenvalue weighted by molar-refractivity contribution is -0.385. The van der Waals surface area contributed by atoms with E-state index in [9.17, 15) is 14.9 Å². The van der Waals surface area contributed by atoms with Crippen LogP contribution < -0.4 is 10.1 Å². The molecule has 6 nitrogen and oxygen atoms in total. The molecule has 0 spiro atoms. The molecule has 0 fully saturated rings. The van der Waals surface area contributed by atoms with E-state index in [2.05, 4.69) is 5.32 Å². The summed E-state index contributed by atoms with van der Waals surface area (Å²) in [6.45, 7) is 1.47. The molecule has 0 saturated heterocycles. The molecule has 102 valence electrons. The van der Waals surface area contributed by atoms with Gasteiger partial charge >= 0.3 is 0 Å². The van der Waals surface area contributed by atoms with Crippen molar-refractivity contribution in [3.8, 4) is 5.75 Å². The van der Waals surface area contributed by atoms with E-state index in [0.29, 0.717) is 25.0 Å². The van der Waals surface area contributed by atoms with Gasteiger partial charge < -0.3 is 10.1 Å². The molecule has 1 amide bonds. The quantitative estimate of drug-likeness (QED) is 0.664. The number of benzene rings is 1.